The number of nitrogens with one attached hydrogen (secondary N) is 3. The van der Waals surface area contributed by atoms with E-state index < -0.39 is 29.2 Å². The van der Waals surface area contributed by atoms with Gasteiger partial charge < -0.3 is 20.5 Å². The van der Waals surface area contributed by atoms with Crippen LogP contribution in [-0.4, -0.2) is 61.7 Å². The Morgan fingerprint density at radius 2 is 1.49 bits per heavy atom. The van der Waals surface area contributed by atoms with E-state index >= 15 is 0 Å². The molecule has 0 saturated heterocycles. The van der Waals surface area contributed by atoms with Crippen LogP contribution in [-0.2, 0) is 19.6 Å². The summed E-state index contributed by atoms with van der Waals surface area (Å²) in [5.74, 6) is 2.53. The molecule has 0 aliphatic heterocycles. The average molecular weight is 544 g/mol. The third-order valence-corrected chi connectivity index (χ3v) is 7.58. The Bertz CT molecular complexity index is 903. The third kappa shape index (κ3) is 15.1. The maximum Gasteiger partial charge on any atom is 0.488 e. The third-order valence-electron chi connectivity index (χ3n) is 6.13. The number of quaternary nitrogens is 1. The van der Waals surface area contributed by atoms with Crippen molar-refractivity contribution in [3.05, 3.63) is 24.3 Å². The van der Waals surface area contributed by atoms with E-state index in [1.54, 1.807) is 0 Å². The van der Waals surface area contributed by atoms with E-state index in [-0.39, 0.29) is 16.3 Å². The monoisotopic (exact) mass is 543 g/mol. The number of benzene rings is 1. The summed E-state index contributed by atoms with van der Waals surface area (Å²) in [4.78, 5) is 22.8. The first-order chi connectivity index (χ1) is 17.7. The van der Waals surface area contributed by atoms with E-state index in [4.69, 9.17) is 5.11 Å². The Balaban J connectivity index is 1.96. The van der Waals surface area contributed by atoms with Gasteiger partial charge in [0.2, 0.25) is 15.9 Å². The van der Waals surface area contributed by atoms with Gasteiger partial charge in [0, 0.05) is 19.5 Å². The van der Waals surface area contributed by atoms with Crippen molar-refractivity contribution in [3.63, 3.8) is 0 Å². The lowest BCUT2D eigenvalue weighted by Crippen LogP contribution is -2.70. The summed E-state index contributed by atoms with van der Waals surface area (Å²) in [6, 6.07) is 4.97. The van der Waals surface area contributed by atoms with Crippen LogP contribution in [0.1, 0.15) is 83.5 Å². The minimum Gasteiger partial charge on any atom is -0.480 e. The number of rotatable bonds is 22. The van der Waals surface area contributed by atoms with Crippen LogP contribution < -0.4 is 26.8 Å². The number of hydrogen-bond donors (Lipinski definition) is 7. The highest BCUT2D eigenvalue weighted by atomic mass is 32.2. The second kappa shape index (κ2) is 19.1. The lowest BCUT2D eigenvalue weighted by molar-refractivity contribution is -0.449. The second-order valence-corrected chi connectivity index (χ2v) is 11.0. The summed E-state index contributed by atoms with van der Waals surface area (Å²) in [6.07, 6.45) is 11.4. The molecule has 210 valence electrons. The van der Waals surface area contributed by atoms with Crippen molar-refractivity contribution < 1.29 is 39.0 Å². The lowest BCUT2D eigenvalue weighted by atomic mass is 9.81. The zero-order chi connectivity index (χ0) is 27.5. The van der Waals surface area contributed by atoms with Crippen molar-refractivity contribution in [2.75, 3.05) is 13.1 Å². The minimum absolute atomic E-state index is 0.0180. The van der Waals surface area contributed by atoms with Crippen LogP contribution in [0, 0.1) is 0 Å². The molecule has 0 fully saturated rings. The van der Waals surface area contributed by atoms with Crippen LogP contribution >= 0.6 is 0 Å². The van der Waals surface area contributed by atoms with Crippen molar-refractivity contribution in [1.29, 1.82) is 0 Å². The molecular weight excluding hydrogens is 499 g/mol. The molecule has 13 heteroatoms. The van der Waals surface area contributed by atoms with Crippen LogP contribution in [0.2, 0.25) is 0 Å². The van der Waals surface area contributed by atoms with Gasteiger partial charge in [-0.25, -0.2) is 13.1 Å². The van der Waals surface area contributed by atoms with Crippen molar-refractivity contribution >= 4 is 34.5 Å². The normalized spacial score (nSPS) is 12.3. The van der Waals surface area contributed by atoms with Crippen LogP contribution in [0.25, 0.3) is 0 Å². The molecule has 9 N–H and O–H groups in total. The first kappa shape index (κ1) is 33.0. The van der Waals surface area contributed by atoms with E-state index in [1.165, 1.54) is 24.3 Å². The lowest BCUT2D eigenvalue weighted by Gasteiger charge is -2.09. The maximum atomic E-state index is 12.3. The molecule has 0 saturated carbocycles. The van der Waals surface area contributed by atoms with Gasteiger partial charge in [0.1, 0.15) is 0 Å². The molecule has 0 aromatic heterocycles. The van der Waals surface area contributed by atoms with Gasteiger partial charge in [0.05, 0.1) is 4.90 Å². The van der Waals surface area contributed by atoms with Gasteiger partial charge >= 0.3 is 13.1 Å². The van der Waals surface area contributed by atoms with Crippen LogP contribution in [0.15, 0.2) is 29.2 Å². The van der Waals surface area contributed by atoms with Crippen LogP contribution in [0.5, 0.6) is 0 Å². The molecule has 0 spiro atoms. The topological polar surface area (TPSA) is 193 Å². The molecule has 11 nitrogen and oxygen atoms in total. The quantitative estimate of drug-likeness (QED) is 0.0605. The van der Waals surface area contributed by atoms with Crippen molar-refractivity contribution in [3.8, 4) is 0 Å². The van der Waals surface area contributed by atoms with Crippen LogP contribution in [0.3, 0.4) is 0 Å². The Morgan fingerprint density at radius 1 is 0.892 bits per heavy atom. The Hall–Kier alpha value is -2.03. The largest absolute Gasteiger partial charge is 0.488 e. The van der Waals surface area contributed by atoms with E-state index in [1.807, 2.05) is 0 Å². The van der Waals surface area contributed by atoms with Gasteiger partial charge in [0.15, 0.2) is 6.04 Å². The zero-order valence-corrected chi connectivity index (χ0v) is 22.5. The molecule has 1 rings (SSSR count). The molecular formula is C24H44BN4O7S+. The highest BCUT2D eigenvalue weighted by molar-refractivity contribution is 7.89. The first-order valence-electron chi connectivity index (χ1n) is 13.1. The van der Waals surface area contributed by atoms with E-state index in [0.717, 1.165) is 64.2 Å². The van der Waals surface area contributed by atoms with Gasteiger partial charge in [-0.15, -0.1) is 0 Å². The number of sulfonamides is 1. The molecule has 0 radical (unpaired) electrons. The van der Waals surface area contributed by atoms with Gasteiger partial charge in [0.25, 0.3) is 0 Å². The Morgan fingerprint density at radius 3 is 2.08 bits per heavy atom. The highest BCUT2D eigenvalue weighted by Crippen LogP contribution is 2.11. The maximum absolute atomic E-state index is 12.3. The Kier molecular flexibility index (Phi) is 17.0. The summed E-state index contributed by atoms with van der Waals surface area (Å²) in [5.41, 5.74) is 2.64. The van der Waals surface area contributed by atoms with E-state index in [9.17, 15) is 28.1 Å². The number of carboxylic acid groups (broad SMARTS) is 1. The average Bonchev–Trinajstić information content (AvgIpc) is 2.86. The molecule has 1 unspecified atom stereocenters. The number of carbonyl (C=O) groups is 2. The number of amides is 1. The van der Waals surface area contributed by atoms with E-state index in [2.05, 4.69) is 21.3 Å². The number of hydrogen-bond acceptors (Lipinski definition) is 7. The molecule has 1 aromatic rings. The summed E-state index contributed by atoms with van der Waals surface area (Å²) in [6.45, 7) is 0.900. The van der Waals surface area contributed by atoms with Gasteiger partial charge in [-0.05, 0) is 49.7 Å². The number of aliphatic carboxylic acids is 1. The fraction of sp³-hybridized carbons (Fsp3) is 0.667. The van der Waals surface area contributed by atoms with Crippen molar-refractivity contribution in [2.24, 2.45) is 0 Å². The van der Waals surface area contributed by atoms with Gasteiger partial charge in [-0.3, -0.25) is 15.4 Å². The van der Waals surface area contributed by atoms with Crippen molar-refractivity contribution in [2.45, 2.75) is 94.4 Å². The zero-order valence-electron chi connectivity index (χ0n) is 21.7. The smallest absolute Gasteiger partial charge is 0.480 e. The molecule has 1 atom stereocenters. The summed E-state index contributed by atoms with van der Waals surface area (Å²) in [5, 5.41) is 30.2. The van der Waals surface area contributed by atoms with Gasteiger partial charge in [-0.1, -0.05) is 57.1 Å². The van der Waals surface area contributed by atoms with E-state index in [0.29, 0.717) is 32.4 Å². The summed E-state index contributed by atoms with van der Waals surface area (Å²) < 4.78 is 27.2. The SMILES string of the molecule is [NH3+]NC(CCCCNC(=O)CCCCCCCCCCCNS(=O)(=O)c1cccc(B(O)O)c1)C(=O)O. The predicted octanol–water partition coefficient (Wildman–Crippen LogP) is 0.0319. The molecule has 1 aromatic carbocycles. The Labute approximate surface area is 220 Å². The minimum atomic E-state index is -3.67. The fourth-order valence-corrected chi connectivity index (χ4v) is 5.01. The fourth-order valence-electron chi connectivity index (χ4n) is 3.88. The number of unbranched alkanes of at least 4 members (excludes halogenated alkanes) is 9. The molecule has 37 heavy (non-hydrogen) atoms. The van der Waals surface area contributed by atoms with Crippen LogP contribution in [0.4, 0.5) is 0 Å². The molecule has 0 heterocycles. The molecule has 0 aliphatic rings. The number of carboxylic acids is 1. The number of carbonyl (C=O) groups excluding carboxylic acids is 1. The predicted molar refractivity (Wildman–Crippen MR) is 142 cm³/mol. The molecule has 0 bridgehead atoms. The molecule has 1 amide bonds. The highest BCUT2D eigenvalue weighted by Gasteiger charge is 2.18. The summed E-state index contributed by atoms with van der Waals surface area (Å²) in [7, 11) is -5.38. The second-order valence-electron chi connectivity index (χ2n) is 9.22. The first-order valence-corrected chi connectivity index (χ1v) is 14.6. The van der Waals surface area contributed by atoms with Crippen molar-refractivity contribution in [1.82, 2.24) is 15.5 Å². The molecule has 0 aliphatic carbocycles. The summed E-state index contributed by atoms with van der Waals surface area (Å²) >= 11 is 0. The standard InChI is InChI=1S/C24H43BN4O7S/c26-29-22(24(31)32)15-9-11-17-27-23(30)16-8-6-4-2-1-3-5-7-10-18-28-37(35,36)21-14-12-13-20(19-21)25(33)34/h12-14,19,22,28-29,33-34H,1-11,15-18,26H2,(H,27,30)(H,31,32)/p+1. The van der Waals surface area contributed by atoms with Gasteiger partial charge in [-0.2, -0.15) is 5.43 Å².